The van der Waals surface area contributed by atoms with Crippen molar-refractivity contribution in [1.82, 2.24) is 0 Å². The van der Waals surface area contributed by atoms with Gasteiger partial charge >= 0.3 is 0 Å². The van der Waals surface area contributed by atoms with E-state index in [2.05, 4.69) is 0 Å². The van der Waals surface area contributed by atoms with Crippen molar-refractivity contribution in [3.8, 4) is 22.6 Å². The van der Waals surface area contributed by atoms with E-state index in [4.69, 9.17) is 10.5 Å². The van der Waals surface area contributed by atoms with Crippen LogP contribution in [0.2, 0.25) is 0 Å². The summed E-state index contributed by atoms with van der Waals surface area (Å²) >= 11 is 0. The summed E-state index contributed by atoms with van der Waals surface area (Å²) < 4.78 is 19.4. The standard InChI is InChI=1S/C19H16FNO/c1-13-4-2-7-17(10-13)22-19-12-16(21)8-9-18(19)14-5-3-6-15(20)11-14/h2-12H,21H2,1H3. The molecule has 2 nitrogen and oxygen atoms in total. The molecule has 2 N–H and O–H groups in total. The Labute approximate surface area is 129 Å². The zero-order valence-corrected chi connectivity index (χ0v) is 12.2. The van der Waals surface area contributed by atoms with Crippen LogP contribution in [0.25, 0.3) is 11.1 Å². The van der Waals surface area contributed by atoms with Gasteiger partial charge in [0.2, 0.25) is 0 Å². The first-order valence-electron chi connectivity index (χ1n) is 7.02. The van der Waals surface area contributed by atoms with Crippen molar-refractivity contribution in [3.63, 3.8) is 0 Å². The molecule has 0 aromatic heterocycles. The molecule has 3 aromatic carbocycles. The first-order chi connectivity index (χ1) is 10.6. The molecule has 0 heterocycles. The maximum atomic E-state index is 13.5. The van der Waals surface area contributed by atoms with Gasteiger partial charge in [0, 0.05) is 17.3 Å². The zero-order chi connectivity index (χ0) is 15.5. The largest absolute Gasteiger partial charge is 0.457 e. The predicted octanol–water partition coefficient (Wildman–Crippen LogP) is 5.18. The van der Waals surface area contributed by atoms with Crippen LogP contribution in [0.5, 0.6) is 11.5 Å². The minimum atomic E-state index is -0.282. The van der Waals surface area contributed by atoms with Crippen molar-refractivity contribution in [3.05, 3.63) is 78.1 Å². The van der Waals surface area contributed by atoms with Crippen molar-refractivity contribution in [2.75, 3.05) is 5.73 Å². The molecule has 0 fully saturated rings. The second kappa shape index (κ2) is 5.90. The van der Waals surface area contributed by atoms with Crippen molar-refractivity contribution in [1.29, 1.82) is 0 Å². The van der Waals surface area contributed by atoms with Gasteiger partial charge in [0.25, 0.3) is 0 Å². The van der Waals surface area contributed by atoms with E-state index < -0.39 is 0 Å². The first kappa shape index (κ1) is 14.1. The molecule has 3 heteroatoms. The van der Waals surface area contributed by atoms with Gasteiger partial charge < -0.3 is 10.5 Å². The van der Waals surface area contributed by atoms with E-state index in [1.165, 1.54) is 12.1 Å². The number of anilines is 1. The smallest absolute Gasteiger partial charge is 0.137 e. The van der Waals surface area contributed by atoms with Crippen LogP contribution in [0, 0.1) is 12.7 Å². The Hall–Kier alpha value is -2.81. The highest BCUT2D eigenvalue weighted by atomic mass is 19.1. The Morgan fingerprint density at radius 2 is 1.73 bits per heavy atom. The summed E-state index contributed by atoms with van der Waals surface area (Å²) in [5.74, 6) is 1.05. The molecular formula is C19H16FNO. The van der Waals surface area contributed by atoms with E-state index in [0.717, 1.165) is 22.4 Å². The fourth-order valence-electron chi connectivity index (χ4n) is 2.32. The predicted molar refractivity (Wildman–Crippen MR) is 87.5 cm³/mol. The summed E-state index contributed by atoms with van der Waals surface area (Å²) in [6, 6.07) is 19.6. The fraction of sp³-hybridized carbons (Fsp3) is 0.0526. The number of nitrogen functional groups attached to an aromatic ring is 1. The molecule has 0 radical (unpaired) electrons. The number of benzene rings is 3. The van der Waals surface area contributed by atoms with Crippen LogP contribution in [0.1, 0.15) is 5.56 Å². The van der Waals surface area contributed by atoms with E-state index in [1.54, 1.807) is 18.2 Å². The number of halogens is 1. The fourth-order valence-corrected chi connectivity index (χ4v) is 2.32. The summed E-state index contributed by atoms with van der Waals surface area (Å²) in [6.45, 7) is 2.00. The van der Waals surface area contributed by atoms with E-state index in [-0.39, 0.29) is 5.82 Å². The summed E-state index contributed by atoms with van der Waals surface area (Å²) in [5, 5.41) is 0. The van der Waals surface area contributed by atoms with Gasteiger partial charge in [0.1, 0.15) is 17.3 Å². The molecule has 0 amide bonds. The minimum Gasteiger partial charge on any atom is -0.457 e. The molecule has 0 spiro atoms. The lowest BCUT2D eigenvalue weighted by Crippen LogP contribution is -1.92. The molecule has 0 aliphatic rings. The molecule has 0 saturated heterocycles. The molecule has 0 atom stereocenters. The summed E-state index contributed by atoms with van der Waals surface area (Å²) in [5.41, 5.74) is 9.12. The molecule has 3 rings (SSSR count). The van der Waals surface area contributed by atoms with Gasteiger partial charge in [-0.3, -0.25) is 0 Å². The van der Waals surface area contributed by atoms with Gasteiger partial charge in [-0.1, -0.05) is 24.3 Å². The number of hydrogen-bond acceptors (Lipinski definition) is 2. The highest BCUT2D eigenvalue weighted by Crippen LogP contribution is 2.35. The number of hydrogen-bond donors (Lipinski definition) is 1. The molecular weight excluding hydrogens is 277 g/mol. The number of nitrogens with two attached hydrogens (primary N) is 1. The van der Waals surface area contributed by atoms with Gasteiger partial charge in [0.05, 0.1) is 0 Å². The van der Waals surface area contributed by atoms with Crippen molar-refractivity contribution in [2.24, 2.45) is 0 Å². The molecule has 0 bridgehead atoms. The number of rotatable bonds is 3. The Bertz CT molecular complexity index is 814. The quantitative estimate of drug-likeness (QED) is 0.676. The van der Waals surface area contributed by atoms with Crippen LogP contribution >= 0.6 is 0 Å². The third-order valence-corrected chi connectivity index (χ3v) is 3.36. The second-order valence-corrected chi connectivity index (χ2v) is 5.18. The van der Waals surface area contributed by atoms with Crippen LogP contribution in [0.4, 0.5) is 10.1 Å². The van der Waals surface area contributed by atoms with Crippen molar-refractivity contribution < 1.29 is 9.13 Å². The summed E-state index contributed by atoms with van der Waals surface area (Å²) in [6.07, 6.45) is 0. The lowest BCUT2D eigenvalue weighted by Gasteiger charge is -2.13. The third kappa shape index (κ3) is 3.09. The van der Waals surface area contributed by atoms with Gasteiger partial charge in [-0.2, -0.15) is 0 Å². The molecule has 0 saturated carbocycles. The molecule has 110 valence electrons. The maximum Gasteiger partial charge on any atom is 0.137 e. The third-order valence-electron chi connectivity index (χ3n) is 3.36. The average molecular weight is 293 g/mol. The van der Waals surface area contributed by atoms with E-state index in [1.807, 2.05) is 43.3 Å². The van der Waals surface area contributed by atoms with Gasteiger partial charge in [-0.05, 0) is 54.4 Å². The molecule has 3 aromatic rings. The average Bonchev–Trinajstić information content (AvgIpc) is 2.47. The van der Waals surface area contributed by atoms with Crippen LogP contribution < -0.4 is 10.5 Å². The second-order valence-electron chi connectivity index (χ2n) is 5.18. The topological polar surface area (TPSA) is 35.2 Å². The first-order valence-corrected chi connectivity index (χ1v) is 7.02. The van der Waals surface area contributed by atoms with E-state index >= 15 is 0 Å². The SMILES string of the molecule is Cc1cccc(Oc2cc(N)ccc2-c2cccc(F)c2)c1. The molecule has 0 aliphatic heterocycles. The number of aryl methyl sites for hydroxylation is 1. The van der Waals surface area contributed by atoms with Crippen LogP contribution in [0.15, 0.2) is 66.7 Å². The lowest BCUT2D eigenvalue weighted by atomic mass is 10.0. The molecule has 0 unspecified atom stereocenters. The van der Waals surface area contributed by atoms with Gasteiger partial charge in [-0.25, -0.2) is 4.39 Å². The van der Waals surface area contributed by atoms with Crippen LogP contribution in [-0.4, -0.2) is 0 Å². The van der Waals surface area contributed by atoms with Crippen LogP contribution in [0.3, 0.4) is 0 Å². The molecule has 0 aliphatic carbocycles. The monoisotopic (exact) mass is 293 g/mol. The van der Waals surface area contributed by atoms with E-state index in [9.17, 15) is 4.39 Å². The zero-order valence-electron chi connectivity index (χ0n) is 12.2. The number of ether oxygens (including phenoxy) is 1. The Balaban J connectivity index is 2.05. The van der Waals surface area contributed by atoms with Crippen molar-refractivity contribution >= 4 is 5.69 Å². The van der Waals surface area contributed by atoms with Crippen molar-refractivity contribution in [2.45, 2.75) is 6.92 Å². The van der Waals surface area contributed by atoms with Gasteiger partial charge in [-0.15, -0.1) is 0 Å². The Morgan fingerprint density at radius 3 is 2.50 bits per heavy atom. The van der Waals surface area contributed by atoms with Crippen LogP contribution in [-0.2, 0) is 0 Å². The highest BCUT2D eigenvalue weighted by molar-refractivity contribution is 5.73. The summed E-state index contributed by atoms with van der Waals surface area (Å²) in [4.78, 5) is 0. The normalized spacial score (nSPS) is 10.5. The minimum absolute atomic E-state index is 0.282. The highest BCUT2D eigenvalue weighted by Gasteiger charge is 2.09. The lowest BCUT2D eigenvalue weighted by molar-refractivity contribution is 0.484. The molecule has 22 heavy (non-hydrogen) atoms. The van der Waals surface area contributed by atoms with E-state index in [0.29, 0.717) is 11.4 Å². The Morgan fingerprint density at radius 1 is 0.909 bits per heavy atom. The summed E-state index contributed by atoms with van der Waals surface area (Å²) in [7, 11) is 0. The van der Waals surface area contributed by atoms with Gasteiger partial charge in [0.15, 0.2) is 0 Å². The maximum absolute atomic E-state index is 13.5. The Kier molecular flexibility index (Phi) is 3.79.